The van der Waals surface area contributed by atoms with Gasteiger partial charge in [0.25, 0.3) is 0 Å². The van der Waals surface area contributed by atoms with Crippen LogP contribution in [-0.4, -0.2) is 27.9 Å². The quantitative estimate of drug-likeness (QED) is 0.611. The minimum absolute atomic E-state index is 0.639. The lowest BCUT2D eigenvalue weighted by Gasteiger charge is -2.20. The third-order valence-electron chi connectivity index (χ3n) is 1.98. The number of hydrogen-bond donors (Lipinski definition) is 1. The molecule has 1 N–H and O–H groups in total. The van der Waals surface area contributed by atoms with E-state index in [1.807, 2.05) is 18.5 Å². The lowest BCUT2D eigenvalue weighted by molar-refractivity contribution is 0.780. The van der Waals surface area contributed by atoms with Crippen molar-refractivity contribution in [2.75, 3.05) is 18.0 Å². The molecule has 78 valence electrons. The van der Waals surface area contributed by atoms with Crippen molar-refractivity contribution in [3.63, 3.8) is 0 Å². The van der Waals surface area contributed by atoms with Gasteiger partial charge in [-0.25, -0.2) is 5.10 Å². The summed E-state index contributed by atoms with van der Waals surface area (Å²) in [6, 6.07) is 0. The first-order valence-corrected chi connectivity index (χ1v) is 4.97. The van der Waals surface area contributed by atoms with Crippen molar-refractivity contribution in [1.29, 1.82) is 0 Å². The molecule has 0 aromatic carbocycles. The maximum atomic E-state index is 5.05. The number of anilines is 1. The summed E-state index contributed by atoms with van der Waals surface area (Å²) in [6.45, 7) is 9.68. The molecule has 1 heterocycles. The molecule has 0 atom stereocenters. The molecule has 0 saturated heterocycles. The van der Waals surface area contributed by atoms with Gasteiger partial charge in [0.15, 0.2) is 4.77 Å². The highest BCUT2D eigenvalue weighted by molar-refractivity contribution is 7.71. The highest BCUT2D eigenvalue weighted by Gasteiger charge is 2.10. The van der Waals surface area contributed by atoms with Crippen molar-refractivity contribution in [2.45, 2.75) is 13.8 Å². The fraction of sp³-hybridized carbons (Fsp3) is 0.556. The van der Waals surface area contributed by atoms with E-state index < -0.39 is 0 Å². The van der Waals surface area contributed by atoms with Gasteiger partial charge in [-0.2, -0.15) is 0 Å². The summed E-state index contributed by atoms with van der Waals surface area (Å²) in [6.07, 6.45) is 0. The Bertz CT molecular complexity index is 376. The number of H-pyrrole nitrogens is 1. The molecule has 4 nitrogen and oxygen atoms in total. The second-order valence-electron chi connectivity index (χ2n) is 3.36. The van der Waals surface area contributed by atoms with Crippen LogP contribution in [-0.2, 0) is 7.05 Å². The van der Waals surface area contributed by atoms with Gasteiger partial charge >= 0.3 is 0 Å². The Kier molecular flexibility index (Phi) is 3.46. The Hall–Kier alpha value is -1.10. The Labute approximate surface area is 89.2 Å². The third-order valence-corrected chi connectivity index (χ3v) is 2.35. The highest BCUT2D eigenvalue weighted by Crippen LogP contribution is 2.10. The zero-order valence-electron chi connectivity index (χ0n) is 8.87. The van der Waals surface area contributed by atoms with Gasteiger partial charge in [0.1, 0.15) is 0 Å². The first-order valence-electron chi connectivity index (χ1n) is 4.57. The monoisotopic (exact) mass is 212 g/mol. The van der Waals surface area contributed by atoms with E-state index in [1.165, 1.54) is 0 Å². The van der Waals surface area contributed by atoms with Crippen LogP contribution in [0.15, 0.2) is 12.2 Å². The molecule has 5 heteroatoms. The van der Waals surface area contributed by atoms with Crippen molar-refractivity contribution in [3.8, 4) is 0 Å². The summed E-state index contributed by atoms with van der Waals surface area (Å²) in [5.74, 6) is 0.862. The van der Waals surface area contributed by atoms with E-state index in [-0.39, 0.29) is 0 Å². The summed E-state index contributed by atoms with van der Waals surface area (Å²) < 4.78 is 2.50. The van der Waals surface area contributed by atoms with Crippen molar-refractivity contribution in [1.82, 2.24) is 14.8 Å². The normalized spacial score (nSPS) is 10.2. The topological polar surface area (TPSA) is 36.9 Å². The minimum Gasteiger partial charge on any atom is -0.337 e. The molecule has 1 aromatic heterocycles. The van der Waals surface area contributed by atoms with Crippen molar-refractivity contribution in [3.05, 3.63) is 16.9 Å². The van der Waals surface area contributed by atoms with Gasteiger partial charge in [-0.05, 0) is 26.1 Å². The van der Waals surface area contributed by atoms with E-state index >= 15 is 0 Å². The predicted octanol–water partition coefficient (Wildman–Crippen LogP) is 1.88. The fourth-order valence-electron chi connectivity index (χ4n) is 1.27. The van der Waals surface area contributed by atoms with Crippen LogP contribution in [0.3, 0.4) is 0 Å². The number of hydrogen-bond acceptors (Lipinski definition) is 3. The molecule has 0 aliphatic heterocycles. The Balaban J connectivity index is 2.95. The van der Waals surface area contributed by atoms with Crippen molar-refractivity contribution < 1.29 is 0 Å². The van der Waals surface area contributed by atoms with Crippen LogP contribution in [0.5, 0.6) is 0 Å². The molecule has 0 saturated carbocycles. The Morgan fingerprint density at radius 3 is 2.71 bits per heavy atom. The van der Waals surface area contributed by atoms with Crippen molar-refractivity contribution >= 4 is 18.2 Å². The van der Waals surface area contributed by atoms with Gasteiger partial charge in [0.2, 0.25) is 5.95 Å². The number of rotatable bonds is 4. The lowest BCUT2D eigenvalue weighted by atomic mass is 10.3. The van der Waals surface area contributed by atoms with Gasteiger partial charge in [0, 0.05) is 20.1 Å². The van der Waals surface area contributed by atoms with E-state index in [0.717, 1.165) is 24.6 Å². The average molecular weight is 212 g/mol. The van der Waals surface area contributed by atoms with E-state index in [4.69, 9.17) is 12.2 Å². The van der Waals surface area contributed by atoms with E-state index in [1.54, 1.807) is 0 Å². The average Bonchev–Trinajstić information content (AvgIpc) is 2.44. The minimum atomic E-state index is 0.639. The fourth-order valence-corrected chi connectivity index (χ4v) is 1.40. The largest absolute Gasteiger partial charge is 0.337 e. The molecule has 0 fully saturated rings. The number of likely N-dealkylation sites (N-methyl/N-ethyl adjacent to an activating group) is 1. The maximum Gasteiger partial charge on any atom is 0.225 e. The third kappa shape index (κ3) is 2.23. The first kappa shape index (κ1) is 11.0. The second-order valence-corrected chi connectivity index (χ2v) is 3.75. The van der Waals surface area contributed by atoms with Crippen LogP contribution in [0.2, 0.25) is 0 Å². The van der Waals surface area contributed by atoms with Crippen LogP contribution < -0.4 is 4.90 Å². The van der Waals surface area contributed by atoms with Crippen LogP contribution >= 0.6 is 12.2 Å². The first-order chi connectivity index (χ1) is 6.56. The number of aromatic nitrogens is 3. The number of nitrogens with one attached hydrogen (secondary N) is 1. The summed E-state index contributed by atoms with van der Waals surface area (Å²) in [4.78, 5) is 2.12. The Morgan fingerprint density at radius 2 is 2.36 bits per heavy atom. The lowest BCUT2D eigenvalue weighted by Crippen LogP contribution is -2.27. The van der Waals surface area contributed by atoms with Crippen molar-refractivity contribution in [2.24, 2.45) is 7.05 Å². The van der Waals surface area contributed by atoms with Gasteiger partial charge in [-0.3, -0.25) is 4.57 Å². The van der Waals surface area contributed by atoms with Gasteiger partial charge in [-0.15, -0.1) is 5.10 Å². The summed E-state index contributed by atoms with van der Waals surface area (Å²) in [7, 11) is 1.91. The molecule has 0 bridgehead atoms. The molecule has 1 rings (SSSR count). The molecule has 0 unspecified atom stereocenters. The van der Waals surface area contributed by atoms with Gasteiger partial charge in [-0.1, -0.05) is 12.2 Å². The van der Waals surface area contributed by atoms with E-state index in [0.29, 0.717) is 4.77 Å². The van der Waals surface area contributed by atoms with Crippen LogP contribution in [0, 0.1) is 4.77 Å². The second kappa shape index (κ2) is 4.41. The molecule has 0 spiro atoms. The highest BCUT2D eigenvalue weighted by atomic mass is 32.1. The molecule has 0 radical (unpaired) electrons. The Morgan fingerprint density at radius 1 is 1.71 bits per heavy atom. The molecular formula is C9H16N4S. The van der Waals surface area contributed by atoms with Crippen LogP contribution in [0.25, 0.3) is 0 Å². The summed E-state index contributed by atoms with van der Waals surface area (Å²) in [5.41, 5.74) is 1.11. The molecule has 1 aromatic rings. The summed E-state index contributed by atoms with van der Waals surface area (Å²) >= 11 is 5.05. The van der Waals surface area contributed by atoms with Crippen LogP contribution in [0.1, 0.15) is 13.8 Å². The van der Waals surface area contributed by atoms with E-state index in [9.17, 15) is 0 Å². The maximum absolute atomic E-state index is 5.05. The number of nitrogens with zero attached hydrogens (tertiary/aromatic N) is 3. The summed E-state index contributed by atoms with van der Waals surface area (Å²) in [5, 5.41) is 6.94. The molecule has 0 amide bonds. The zero-order valence-corrected chi connectivity index (χ0v) is 9.69. The zero-order chi connectivity index (χ0) is 10.7. The standard InChI is InChI=1S/C9H16N4S/c1-5-13(6-7(2)3)8-10-11-9(14)12(8)4/h2,5-6H2,1,3-4H3,(H,11,14). The van der Waals surface area contributed by atoms with Gasteiger partial charge in [0.05, 0.1) is 0 Å². The molecule has 0 aliphatic carbocycles. The molecule has 0 aliphatic rings. The predicted molar refractivity (Wildman–Crippen MR) is 61.1 cm³/mol. The SMILES string of the molecule is C=C(C)CN(CC)c1n[nH]c(=S)n1C. The molecular weight excluding hydrogens is 196 g/mol. The molecule has 14 heavy (non-hydrogen) atoms. The number of aromatic amines is 1. The van der Waals surface area contributed by atoms with Gasteiger partial charge < -0.3 is 4.90 Å². The van der Waals surface area contributed by atoms with E-state index in [2.05, 4.69) is 28.6 Å². The van der Waals surface area contributed by atoms with Crippen LogP contribution in [0.4, 0.5) is 5.95 Å². The smallest absolute Gasteiger partial charge is 0.225 e.